The summed E-state index contributed by atoms with van der Waals surface area (Å²) in [6.07, 6.45) is 0. The van der Waals surface area contributed by atoms with Crippen LogP contribution in [0.4, 0.5) is 0 Å². The molecule has 0 aliphatic carbocycles. The summed E-state index contributed by atoms with van der Waals surface area (Å²) in [5.41, 5.74) is -0.242. The zero-order chi connectivity index (χ0) is 15.3. The number of hydrogen-bond donors (Lipinski definition) is 2. The molecule has 0 radical (unpaired) electrons. The van der Waals surface area contributed by atoms with Gasteiger partial charge in [-0.2, -0.15) is 0 Å². The minimum absolute atomic E-state index is 0.0124. The van der Waals surface area contributed by atoms with Gasteiger partial charge in [0.25, 0.3) is 0 Å². The van der Waals surface area contributed by atoms with E-state index in [4.69, 9.17) is 4.74 Å². The van der Waals surface area contributed by atoms with Crippen molar-refractivity contribution in [3.8, 4) is 0 Å². The average Bonchev–Trinajstić information content (AvgIpc) is 2.74. The maximum atomic E-state index is 11.7. The predicted molar refractivity (Wildman–Crippen MR) is 78.0 cm³/mol. The number of carbonyl (C=O) groups excluding carboxylic acids is 1. The van der Waals surface area contributed by atoms with Gasteiger partial charge >= 0.3 is 11.7 Å². The van der Waals surface area contributed by atoms with Crippen LogP contribution < -0.4 is 11.0 Å². The van der Waals surface area contributed by atoms with Crippen molar-refractivity contribution in [2.45, 2.75) is 51.0 Å². The number of nitrogens with one attached hydrogen (secondary N) is 2. The molecule has 20 heavy (non-hydrogen) atoms. The van der Waals surface area contributed by atoms with Crippen LogP contribution in [0.15, 0.2) is 9.95 Å². The zero-order valence-corrected chi connectivity index (χ0v) is 13.3. The van der Waals surface area contributed by atoms with Crippen molar-refractivity contribution in [2.24, 2.45) is 0 Å². The third-order valence-electron chi connectivity index (χ3n) is 2.59. The molecule has 7 nitrogen and oxygen atoms in total. The van der Waals surface area contributed by atoms with Gasteiger partial charge in [-0.05, 0) is 13.8 Å². The van der Waals surface area contributed by atoms with Crippen LogP contribution in [-0.4, -0.2) is 45.7 Å². The van der Waals surface area contributed by atoms with E-state index >= 15 is 0 Å². The molecule has 0 aromatic carbocycles. The Hall–Kier alpha value is -1.28. The Kier molecular flexibility index (Phi) is 6.28. The van der Waals surface area contributed by atoms with Gasteiger partial charge in [0.15, 0.2) is 5.16 Å². The van der Waals surface area contributed by atoms with Crippen LogP contribution in [0.3, 0.4) is 0 Å². The first kappa shape index (κ1) is 16.8. The Bertz CT molecular complexity index is 495. The number of thioether (sulfide) groups is 1. The molecule has 1 atom stereocenters. The first-order chi connectivity index (χ1) is 9.36. The highest BCUT2D eigenvalue weighted by Crippen LogP contribution is 2.18. The van der Waals surface area contributed by atoms with Gasteiger partial charge < -0.3 is 10.1 Å². The second-order valence-electron chi connectivity index (χ2n) is 4.98. The average molecular weight is 302 g/mol. The number of rotatable bonds is 7. The number of aromatic amines is 1. The molecule has 1 aromatic heterocycles. The number of H-pyrrole nitrogens is 1. The lowest BCUT2D eigenvalue weighted by molar-refractivity contribution is -0.142. The normalized spacial score (nSPS) is 12.9. The monoisotopic (exact) mass is 302 g/mol. The molecule has 0 amide bonds. The largest absolute Gasteiger partial charge is 0.468 e. The second-order valence-corrected chi connectivity index (χ2v) is 5.97. The summed E-state index contributed by atoms with van der Waals surface area (Å²) in [4.78, 5) is 23.3. The summed E-state index contributed by atoms with van der Waals surface area (Å²) >= 11 is 1.35. The van der Waals surface area contributed by atoms with E-state index in [9.17, 15) is 9.59 Å². The first-order valence-electron chi connectivity index (χ1n) is 6.50. The Balaban J connectivity index is 2.77. The van der Waals surface area contributed by atoms with E-state index in [0.29, 0.717) is 10.9 Å². The number of aromatic nitrogens is 3. The number of carbonyl (C=O) groups is 1. The number of hydrogen-bond acceptors (Lipinski definition) is 6. The minimum atomic E-state index is -0.433. The molecule has 1 rings (SSSR count). The molecule has 0 aliphatic rings. The summed E-state index contributed by atoms with van der Waals surface area (Å²) in [5, 5.41) is 10.1. The van der Waals surface area contributed by atoms with E-state index < -0.39 is 6.04 Å². The Labute approximate surface area is 122 Å². The highest BCUT2D eigenvalue weighted by atomic mass is 32.2. The highest BCUT2D eigenvalue weighted by molar-refractivity contribution is 7.99. The van der Waals surface area contributed by atoms with Crippen LogP contribution in [0, 0.1) is 0 Å². The van der Waals surface area contributed by atoms with Crippen LogP contribution in [0.1, 0.15) is 33.7 Å². The van der Waals surface area contributed by atoms with Gasteiger partial charge in [-0.3, -0.25) is 9.36 Å². The minimum Gasteiger partial charge on any atom is -0.468 e. The molecule has 0 fully saturated rings. The molecule has 0 saturated heterocycles. The molecule has 1 unspecified atom stereocenters. The summed E-state index contributed by atoms with van der Waals surface area (Å²) in [7, 11) is 1.36. The molecule has 0 saturated carbocycles. The van der Waals surface area contributed by atoms with Gasteiger partial charge in [0.1, 0.15) is 6.04 Å². The number of ether oxygens (including phenoxy) is 1. The van der Waals surface area contributed by atoms with E-state index in [1.54, 1.807) is 4.57 Å². The van der Waals surface area contributed by atoms with E-state index in [-0.39, 0.29) is 23.7 Å². The molecule has 0 spiro atoms. The topological polar surface area (TPSA) is 89.0 Å². The summed E-state index contributed by atoms with van der Waals surface area (Å²) in [6, 6.07) is -0.262. The number of nitrogens with zero attached hydrogens (tertiary/aromatic N) is 2. The molecule has 8 heteroatoms. The van der Waals surface area contributed by atoms with Crippen molar-refractivity contribution in [1.82, 2.24) is 20.1 Å². The Morgan fingerprint density at radius 1 is 1.45 bits per heavy atom. The molecule has 1 aromatic rings. The molecule has 114 valence electrons. The third-order valence-corrected chi connectivity index (χ3v) is 3.63. The Morgan fingerprint density at radius 2 is 2.10 bits per heavy atom. The Morgan fingerprint density at radius 3 is 2.60 bits per heavy atom. The lowest BCUT2D eigenvalue weighted by Crippen LogP contribution is -2.43. The standard InChI is InChI=1S/C12H22N4O3S/c1-7(2)13-9(10(17)19-5)6-20-12-15-14-11(18)16(12)8(3)4/h7-9,13H,6H2,1-5H3,(H,14,18). The number of esters is 1. The fourth-order valence-electron chi connectivity index (χ4n) is 1.73. The first-order valence-corrected chi connectivity index (χ1v) is 7.49. The number of methoxy groups -OCH3 is 1. The fourth-order valence-corrected chi connectivity index (χ4v) is 2.83. The summed E-state index contributed by atoms with van der Waals surface area (Å²) < 4.78 is 6.34. The smallest absolute Gasteiger partial charge is 0.344 e. The quantitative estimate of drug-likeness (QED) is 0.571. The van der Waals surface area contributed by atoms with Gasteiger partial charge in [-0.1, -0.05) is 25.6 Å². The van der Waals surface area contributed by atoms with Crippen LogP contribution in [0.25, 0.3) is 0 Å². The van der Waals surface area contributed by atoms with Gasteiger partial charge in [0, 0.05) is 17.8 Å². The molecular weight excluding hydrogens is 280 g/mol. The second kappa shape index (κ2) is 7.49. The molecule has 0 bridgehead atoms. The molecular formula is C12H22N4O3S. The van der Waals surface area contributed by atoms with Crippen LogP contribution in [0.5, 0.6) is 0 Å². The van der Waals surface area contributed by atoms with E-state index in [2.05, 4.69) is 15.5 Å². The van der Waals surface area contributed by atoms with Crippen LogP contribution in [0.2, 0.25) is 0 Å². The molecule has 1 heterocycles. The fraction of sp³-hybridized carbons (Fsp3) is 0.750. The van der Waals surface area contributed by atoms with Crippen LogP contribution in [-0.2, 0) is 9.53 Å². The summed E-state index contributed by atoms with van der Waals surface area (Å²) in [5.74, 6) is 0.127. The molecule has 0 aliphatic heterocycles. The predicted octanol–water partition coefficient (Wildman–Crippen LogP) is 0.784. The zero-order valence-electron chi connectivity index (χ0n) is 12.5. The maximum Gasteiger partial charge on any atom is 0.344 e. The van der Waals surface area contributed by atoms with Gasteiger partial charge in [0.05, 0.1) is 7.11 Å². The van der Waals surface area contributed by atoms with Gasteiger partial charge in [0.2, 0.25) is 0 Å². The molecule has 2 N–H and O–H groups in total. The van der Waals surface area contributed by atoms with Crippen molar-refractivity contribution in [3.05, 3.63) is 10.5 Å². The lowest BCUT2D eigenvalue weighted by atomic mass is 10.3. The van der Waals surface area contributed by atoms with Crippen molar-refractivity contribution in [2.75, 3.05) is 12.9 Å². The van der Waals surface area contributed by atoms with E-state index in [1.165, 1.54) is 18.9 Å². The van der Waals surface area contributed by atoms with Crippen molar-refractivity contribution < 1.29 is 9.53 Å². The maximum absolute atomic E-state index is 11.7. The van der Waals surface area contributed by atoms with E-state index in [0.717, 1.165) is 0 Å². The van der Waals surface area contributed by atoms with Crippen molar-refractivity contribution in [1.29, 1.82) is 0 Å². The summed E-state index contributed by atoms with van der Waals surface area (Å²) in [6.45, 7) is 7.73. The van der Waals surface area contributed by atoms with Crippen molar-refractivity contribution >= 4 is 17.7 Å². The van der Waals surface area contributed by atoms with Crippen molar-refractivity contribution in [3.63, 3.8) is 0 Å². The van der Waals surface area contributed by atoms with Gasteiger partial charge in [-0.25, -0.2) is 9.89 Å². The SMILES string of the molecule is COC(=O)C(CSc1n[nH]c(=O)n1C(C)C)NC(C)C. The third kappa shape index (κ3) is 4.38. The van der Waals surface area contributed by atoms with Crippen LogP contribution >= 0.6 is 11.8 Å². The lowest BCUT2D eigenvalue weighted by Gasteiger charge is -2.18. The highest BCUT2D eigenvalue weighted by Gasteiger charge is 2.22. The van der Waals surface area contributed by atoms with Gasteiger partial charge in [-0.15, -0.1) is 5.10 Å². The van der Waals surface area contributed by atoms with E-state index in [1.807, 2.05) is 27.7 Å².